The fraction of sp³-hybridized carbons (Fsp3) is 0.143. The second-order valence-corrected chi connectivity index (χ2v) is 4.72. The van der Waals surface area contributed by atoms with E-state index in [1.165, 1.54) is 6.20 Å². The van der Waals surface area contributed by atoms with Crippen molar-refractivity contribution in [1.82, 2.24) is 4.98 Å². The number of halogens is 1. The lowest BCUT2D eigenvalue weighted by molar-refractivity contribution is -0.117. The van der Waals surface area contributed by atoms with Gasteiger partial charge in [-0.3, -0.25) is 4.79 Å². The van der Waals surface area contributed by atoms with Crippen LogP contribution >= 0.6 is 11.6 Å². The maximum Gasteiger partial charge on any atom is 0.241 e. The molecular weight excluding hydrogens is 278 g/mol. The van der Waals surface area contributed by atoms with E-state index in [1.54, 1.807) is 36.4 Å². The second-order valence-electron chi connectivity index (χ2n) is 4.34. The summed E-state index contributed by atoms with van der Waals surface area (Å²) >= 11 is 5.66. The topological polar surface area (TPSA) is 88.2 Å². The van der Waals surface area contributed by atoms with Gasteiger partial charge in [0.05, 0.1) is 17.9 Å². The predicted molar refractivity (Wildman–Crippen MR) is 77.7 cm³/mol. The van der Waals surface area contributed by atoms with Crippen molar-refractivity contribution in [2.45, 2.75) is 12.5 Å². The second kappa shape index (κ2) is 6.36. The van der Waals surface area contributed by atoms with Gasteiger partial charge in [0, 0.05) is 0 Å². The van der Waals surface area contributed by atoms with Crippen molar-refractivity contribution in [2.24, 2.45) is 5.73 Å². The summed E-state index contributed by atoms with van der Waals surface area (Å²) in [6, 6.07) is 9.13. The summed E-state index contributed by atoms with van der Waals surface area (Å²) in [7, 11) is 0. The summed E-state index contributed by atoms with van der Waals surface area (Å²) in [6.45, 7) is 0. The molecule has 0 saturated heterocycles. The number of amides is 1. The normalized spacial score (nSPS) is 11.9. The summed E-state index contributed by atoms with van der Waals surface area (Å²) in [4.78, 5) is 15.8. The first-order valence-electron chi connectivity index (χ1n) is 6.00. The number of carbonyl (C=O) groups is 1. The highest BCUT2D eigenvalue weighted by Crippen LogP contribution is 2.12. The molecule has 1 aromatic carbocycles. The van der Waals surface area contributed by atoms with Crippen LogP contribution in [0.1, 0.15) is 5.56 Å². The Hall–Kier alpha value is -2.11. The average Bonchev–Trinajstić information content (AvgIpc) is 2.44. The number of rotatable bonds is 4. The number of nitrogens with two attached hydrogens (primary N) is 1. The molecule has 1 amide bonds. The molecule has 20 heavy (non-hydrogen) atoms. The van der Waals surface area contributed by atoms with Crippen LogP contribution in [0, 0.1) is 0 Å². The van der Waals surface area contributed by atoms with Crippen LogP contribution in [0.25, 0.3) is 0 Å². The van der Waals surface area contributed by atoms with Crippen LogP contribution in [0.15, 0.2) is 42.6 Å². The van der Waals surface area contributed by atoms with Gasteiger partial charge in [-0.2, -0.15) is 0 Å². The maximum atomic E-state index is 11.9. The number of phenolic OH excluding ortho intramolecular Hbond substituents is 1. The van der Waals surface area contributed by atoms with E-state index in [9.17, 15) is 9.90 Å². The van der Waals surface area contributed by atoms with Crippen LogP contribution in [0.3, 0.4) is 0 Å². The molecule has 0 aliphatic heterocycles. The minimum Gasteiger partial charge on any atom is -0.508 e. The van der Waals surface area contributed by atoms with Crippen molar-refractivity contribution < 1.29 is 9.90 Å². The van der Waals surface area contributed by atoms with Gasteiger partial charge in [-0.15, -0.1) is 0 Å². The number of hydrogen-bond acceptors (Lipinski definition) is 4. The highest BCUT2D eigenvalue weighted by Gasteiger charge is 2.14. The first-order valence-corrected chi connectivity index (χ1v) is 6.38. The summed E-state index contributed by atoms with van der Waals surface area (Å²) < 4.78 is 0. The Bertz CT molecular complexity index is 584. The Balaban J connectivity index is 1.94. The maximum absolute atomic E-state index is 11.9. The van der Waals surface area contributed by atoms with Crippen molar-refractivity contribution in [3.8, 4) is 5.75 Å². The van der Waals surface area contributed by atoms with E-state index in [4.69, 9.17) is 17.3 Å². The Morgan fingerprint density at radius 2 is 2.00 bits per heavy atom. The number of nitrogens with zero attached hydrogens (tertiary/aromatic N) is 1. The molecule has 0 radical (unpaired) electrons. The Morgan fingerprint density at radius 1 is 1.30 bits per heavy atom. The molecule has 0 saturated carbocycles. The molecule has 0 aliphatic rings. The van der Waals surface area contributed by atoms with E-state index in [-0.39, 0.29) is 11.7 Å². The number of aromatic hydroxyl groups is 1. The van der Waals surface area contributed by atoms with Crippen molar-refractivity contribution in [3.05, 3.63) is 53.3 Å². The predicted octanol–water partition coefficient (Wildman–Crippen LogP) is 1.95. The molecule has 1 heterocycles. The number of phenols is 1. The van der Waals surface area contributed by atoms with E-state index < -0.39 is 6.04 Å². The van der Waals surface area contributed by atoms with Crippen LogP contribution in [0.2, 0.25) is 5.15 Å². The fourth-order valence-electron chi connectivity index (χ4n) is 1.66. The smallest absolute Gasteiger partial charge is 0.241 e. The summed E-state index contributed by atoms with van der Waals surface area (Å²) in [5, 5.41) is 12.2. The summed E-state index contributed by atoms with van der Waals surface area (Å²) in [6.07, 6.45) is 1.85. The highest BCUT2D eigenvalue weighted by molar-refractivity contribution is 6.29. The number of benzene rings is 1. The fourth-order valence-corrected chi connectivity index (χ4v) is 1.78. The van der Waals surface area contributed by atoms with E-state index in [0.29, 0.717) is 17.3 Å². The third-order valence-corrected chi connectivity index (χ3v) is 2.95. The molecule has 0 aliphatic carbocycles. The van der Waals surface area contributed by atoms with E-state index in [1.807, 2.05) is 0 Å². The Labute approximate surface area is 121 Å². The minimum atomic E-state index is -0.685. The quantitative estimate of drug-likeness (QED) is 0.751. The molecule has 104 valence electrons. The number of nitrogens with one attached hydrogen (secondary N) is 1. The third-order valence-electron chi connectivity index (χ3n) is 2.72. The molecule has 1 atom stereocenters. The SMILES string of the molecule is NC(Cc1ccc(O)cc1)C(=O)Nc1ccc(Cl)nc1. The van der Waals surface area contributed by atoms with Crippen molar-refractivity contribution in [2.75, 3.05) is 5.32 Å². The molecule has 4 N–H and O–H groups in total. The minimum absolute atomic E-state index is 0.180. The lowest BCUT2D eigenvalue weighted by atomic mass is 10.1. The van der Waals surface area contributed by atoms with Crippen molar-refractivity contribution in [1.29, 1.82) is 0 Å². The molecule has 1 aromatic heterocycles. The zero-order valence-corrected chi connectivity index (χ0v) is 11.3. The van der Waals surface area contributed by atoms with E-state index in [2.05, 4.69) is 10.3 Å². The van der Waals surface area contributed by atoms with Crippen LogP contribution in [0.5, 0.6) is 5.75 Å². The average molecular weight is 292 g/mol. The van der Waals surface area contributed by atoms with Gasteiger partial charge in [-0.1, -0.05) is 23.7 Å². The summed E-state index contributed by atoms with van der Waals surface area (Å²) in [5.41, 5.74) is 7.26. The number of pyridine rings is 1. The number of aromatic nitrogens is 1. The lowest BCUT2D eigenvalue weighted by Gasteiger charge is -2.12. The summed E-state index contributed by atoms with van der Waals surface area (Å²) in [5.74, 6) is -0.124. The molecule has 2 aromatic rings. The molecule has 6 heteroatoms. The molecule has 0 spiro atoms. The van der Waals surface area contributed by atoms with Crippen LogP contribution < -0.4 is 11.1 Å². The van der Waals surface area contributed by atoms with Gasteiger partial charge in [-0.25, -0.2) is 4.98 Å². The lowest BCUT2D eigenvalue weighted by Crippen LogP contribution is -2.37. The first kappa shape index (κ1) is 14.3. The van der Waals surface area contributed by atoms with Gasteiger partial charge in [-0.05, 0) is 36.2 Å². The number of hydrogen-bond donors (Lipinski definition) is 3. The molecule has 0 bridgehead atoms. The van der Waals surface area contributed by atoms with Gasteiger partial charge >= 0.3 is 0 Å². The highest BCUT2D eigenvalue weighted by atomic mass is 35.5. The molecule has 0 fully saturated rings. The van der Waals surface area contributed by atoms with Crippen LogP contribution in [-0.4, -0.2) is 22.0 Å². The Morgan fingerprint density at radius 3 is 2.60 bits per heavy atom. The molecular formula is C14H14ClN3O2. The zero-order valence-electron chi connectivity index (χ0n) is 10.6. The van der Waals surface area contributed by atoms with Crippen molar-refractivity contribution >= 4 is 23.2 Å². The van der Waals surface area contributed by atoms with Gasteiger partial charge in [0.15, 0.2) is 0 Å². The van der Waals surface area contributed by atoms with Crippen molar-refractivity contribution in [3.63, 3.8) is 0 Å². The molecule has 2 rings (SSSR count). The molecule has 1 unspecified atom stereocenters. The van der Waals surface area contributed by atoms with Gasteiger partial charge in [0.1, 0.15) is 10.9 Å². The molecule has 5 nitrogen and oxygen atoms in total. The van der Waals surface area contributed by atoms with Gasteiger partial charge < -0.3 is 16.2 Å². The largest absolute Gasteiger partial charge is 0.508 e. The first-order chi connectivity index (χ1) is 9.54. The van der Waals surface area contributed by atoms with Gasteiger partial charge in [0.25, 0.3) is 0 Å². The number of carbonyl (C=O) groups excluding carboxylic acids is 1. The monoisotopic (exact) mass is 291 g/mol. The Kier molecular flexibility index (Phi) is 4.55. The zero-order chi connectivity index (χ0) is 14.5. The van der Waals surface area contributed by atoms with Crippen LogP contribution in [-0.2, 0) is 11.2 Å². The van der Waals surface area contributed by atoms with E-state index >= 15 is 0 Å². The number of anilines is 1. The van der Waals surface area contributed by atoms with Crippen LogP contribution in [0.4, 0.5) is 5.69 Å². The standard InChI is InChI=1S/C14H14ClN3O2/c15-13-6-3-10(8-17-13)18-14(20)12(16)7-9-1-4-11(19)5-2-9/h1-6,8,12,19H,7,16H2,(H,18,20). The van der Waals surface area contributed by atoms with Gasteiger partial charge in [0.2, 0.25) is 5.91 Å². The third kappa shape index (κ3) is 3.94. The van der Waals surface area contributed by atoms with E-state index in [0.717, 1.165) is 5.56 Å².